The van der Waals surface area contributed by atoms with E-state index in [1.54, 1.807) is 12.1 Å². The van der Waals surface area contributed by atoms with E-state index >= 15 is 0 Å². The van der Waals surface area contributed by atoms with Gasteiger partial charge in [-0.15, -0.1) is 0 Å². The highest BCUT2D eigenvalue weighted by Crippen LogP contribution is 2.38. The minimum absolute atomic E-state index is 0.0203. The fourth-order valence-corrected chi connectivity index (χ4v) is 4.32. The van der Waals surface area contributed by atoms with Crippen molar-refractivity contribution in [3.05, 3.63) is 59.4 Å². The summed E-state index contributed by atoms with van der Waals surface area (Å²) >= 11 is 0. The highest BCUT2D eigenvalue weighted by Gasteiger charge is 2.34. The van der Waals surface area contributed by atoms with Crippen molar-refractivity contribution in [3.8, 4) is 11.5 Å². The number of benzene rings is 2. The summed E-state index contributed by atoms with van der Waals surface area (Å²) in [5, 5.41) is 3.07. The van der Waals surface area contributed by atoms with E-state index < -0.39 is 0 Å². The molecule has 0 spiro atoms. The van der Waals surface area contributed by atoms with Crippen LogP contribution in [0.5, 0.6) is 11.5 Å². The molecule has 0 bridgehead atoms. The number of rotatable bonds is 5. The number of carbonyl (C=O) groups is 1. The molecule has 3 atom stereocenters. The first-order valence-corrected chi connectivity index (χ1v) is 10.7. The summed E-state index contributed by atoms with van der Waals surface area (Å²) in [4.78, 5) is 15.2. The van der Waals surface area contributed by atoms with E-state index in [1.807, 2.05) is 19.9 Å². The zero-order chi connectivity index (χ0) is 21.1. The van der Waals surface area contributed by atoms with Crippen LogP contribution in [0.2, 0.25) is 0 Å². The number of hydrogen-bond acceptors (Lipinski definition) is 4. The Kier molecular flexibility index (Phi) is 6.23. The van der Waals surface area contributed by atoms with Gasteiger partial charge in [-0.2, -0.15) is 0 Å². The first-order chi connectivity index (χ1) is 14.5. The lowest BCUT2D eigenvalue weighted by Crippen LogP contribution is -2.45. The first-order valence-electron chi connectivity index (χ1n) is 10.7. The van der Waals surface area contributed by atoms with E-state index in [1.165, 1.54) is 12.1 Å². The van der Waals surface area contributed by atoms with Crippen LogP contribution < -0.4 is 14.8 Å². The van der Waals surface area contributed by atoms with E-state index in [0.717, 1.165) is 48.4 Å². The van der Waals surface area contributed by atoms with Gasteiger partial charge in [0.1, 0.15) is 5.82 Å². The quantitative estimate of drug-likeness (QED) is 0.791. The Morgan fingerprint density at radius 3 is 2.57 bits per heavy atom. The molecule has 2 heterocycles. The third kappa shape index (κ3) is 4.43. The van der Waals surface area contributed by atoms with Gasteiger partial charge in [-0.25, -0.2) is 4.39 Å². The van der Waals surface area contributed by atoms with Crippen LogP contribution in [0.15, 0.2) is 42.5 Å². The first kappa shape index (κ1) is 20.7. The van der Waals surface area contributed by atoms with Gasteiger partial charge < -0.3 is 14.8 Å². The fourth-order valence-electron chi connectivity index (χ4n) is 4.32. The average molecular weight is 413 g/mol. The predicted molar refractivity (Wildman–Crippen MR) is 113 cm³/mol. The summed E-state index contributed by atoms with van der Waals surface area (Å²) in [6, 6.07) is 12.1. The second kappa shape index (κ2) is 9.04. The molecule has 0 radical (unpaired) electrons. The van der Waals surface area contributed by atoms with Crippen LogP contribution in [-0.2, 0) is 4.79 Å². The van der Waals surface area contributed by atoms with Crippen LogP contribution >= 0.6 is 0 Å². The Bertz CT molecular complexity index is 887. The molecule has 2 aromatic carbocycles. The van der Waals surface area contributed by atoms with Gasteiger partial charge in [0, 0.05) is 12.5 Å². The zero-order valence-electron chi connectivity index (χ0n) is 17.6. The summed E-state index contributed by atoms with van der Waals surface area (Å²) in [5.41, 5.74) is 2.04. The van der Waals surface area contributed by atoms with Crippen molar-refractivity contribution in [3.63, 3.8) is 0 Å². The Labute approximate surface area is 177 Å². The Balaban J connectivity index is 1.45. The molecule has 2 aromatic rings. The smallest absolute Gasteiger partial charge is 0.237 e. The van der Waals surface area contributed by atoms with Crippen molar-refractivity contribution in [2.75, 3.05) is 19.8 Å². The fraction of sp³-hybridized carbons (Fsp3) is 0.458. The Hall–Kier alpha value is -2.60. The molecule has 5 nitrogen and oxygen atoms in total. The molecule has 30 heavy (non-hydrogen) atoms. The number of halogens is 1. The van der Waals surface area contributed by atoms with Crippen LogP contribution in [0.3, 0.4) is 0 Å². The summed E-state index contributed by atoms with van der Waals surface area (Å²) in [5.74, 6) is 1.28. The van der Waals surface area contributed by atoms with E-state index in [4.69, 9.17) is 9.47 Å². The normalized spacial score (nSPS) is 21.0. The molecule has 1 fully saturated rings. The van der Waals surface area contributed by atoms with Crippen LogP contribution in [0.1, 0.15) is 56.3 Å². The predicted octanol–water partition coefficient (Wildman–Crippen LogP) is 4.39. The van der Waals surface area contributed by atoms with Gasteiger partial charge >= 0.3 is 0 Å². The molecule has 4 rings (SSSR count). The Morgan fingerprint density at radius 2 is 1.80 bits per heavy atom. The van der Waals surface area contributed by atoms with Crippen molar-refractivity contribution in [1.29, 1.82) is 0 Å². The van der Waals surface area contributed by atoms with Crippen molar-refractivity contribution < 1.29 is 18.7 Å². The third-order valence-electron chi connectivity index (χ3n) is 6.06. The molecule has 0 saturated carbocycles. The van der Waals surface area contributed by atoms with Crippen molar-refractivity contribution in [2.45, 2.75) is 51.2 Å². The zero-order valence-corrected chi connectivity index (χ0v) is 17.6. The number of nitrogens with zero attached hydrogens (tertiary/aromatic N) is 1. The SMILES string of the molecule is C[C@H](NC(=O)[C@H](C)N1CCC[C@H]1c1ccc2c(c1)OCCCO2)c1ccc(F)cc1. The molecule has 6 heteroatoms. The highest BCUT2D eigenvalue weighted by atomic mass is 19.1. The van der Waals surface area contributed by atoms with Crippen molar-refractivity contribution >= 4 is 5.91 Å². The molecule has 1 amide bonds. The number of carbonyl (C=O) groups excluding carboxylic acids is 1. The lowest BCUT2D eigenvalue weighted by Gasteiger charge is -2.31. The standard InChI is InChI=1S/C24H29FN2O3/c1-16(18-6-9-20(25)10-7-18)26-24(28)17(2)27-12-3-5-21(27)19-8-11-22-23(15-19)30-14-4-13-29-22/h6-11,15-17,21H,3-5,12-14H2,1-2H3,(H,26,28)/t16-,17-,21-/m0/s1. The van der Waals surface area contributed by atoms with Crippen LogP contribution in [0.25, 0.3) is 0 Å². The number of likely N-dealkylation sites (tertiary alicyclic amines) is 1. The van der Waals surface area contributed by atoms with Gasteiger partial charge in [0.05, 0.1) is 25.3 Å². The number of amides is 1. The maximum absolute atomic E-state index is 13.2. The molecule has 0 unspecified atom stereocenters. The maximum Gasteiger partial charge on any atom is 0.237 e. The molecule has 1 N–H and O–H groups in total. The van der Waals surface area contributed by atoms with E-state index in [-0.39, 0.29) is 29.8 Å². The number of ether oxygens (including phenoxy) is 2. The summed E-state index contributed by atoms with van der Waals surface area (Å²) < 4.78 is 24.8. The molecule has 1 saturated heterocycles. The number of nitrogens with one attached hydrogen (secondary N) is 1. The van der Waals surface area contributed by atoms with E-state index in [9.17, 15) is 9.18 Å². The third-order valence-corrected chi connectivity index (χ3v) is 6.06. The largest absolute Gasteiger partial charge is 0.490 e. The average Bonchev–Trinajstić information content (AvgIpc) is 3.12. The highest BCUT2D eigenvalue weighted by molar-refractivity contribution is 5.81. The lowest BCUT2D eigenvalue weighted by atomic mass is 10.0. The van der Waals surface area contributed by atoms with Gasteiger partial charge in [0.15, 0.2) is 11.5 Å². The van der Waals surface area contributed by atoms with E-state index in [2.05, 4.69) is 22.3 Å². The van der Waals surface area contributed by atoms with Crippen molar-refractivity contribution in [2.24, 2.45) is 0 Å². The maximum atomic E-state index is 13.2. The summed E-state index contributed by atoms with van der Waals surface area (Å²) in [7, 11) is 0. The summed E-state index contributed by atoms with van der Waals surface area (Å²) in [6.45, 7) is 6.08. The van der Waals surface area contributed by atoms with Crippen molar-refractivity contribution in [1.82, 2.24) is 10.2 Å². The van der Waals surface area contributed by atoms with Gasteiger partial charge in [-0.05, 0) is 68.6 Å². The number of fused-ring (bicyclic) bond motifs is 1. The van der Waals surface area contributed by atoms with Crippen LogP contribution in [0, 0.1) is 5.82 Å². The van der Waals surface area contributed by atoms with Crippen LogP contribution in [0.4, 0.5) is 4.39 Å². The molecule has 2 aliphatic rings. The Morgan fingerprint density at radius 1 is 1.07 bits per heavy atom. The van der Waals surface area contributed by atoms with E-state index in [0.29, 0.717) is 13.2 Å². The van der Waals surface area contributed by atoms with Crippen LogP contribution in [-0.4, -0.2) is 36.6 Å². The minimum Gasteiger partial charge on any atom is -0.490 e. The molecule has 0 aliphatic carbocycles. The van der Waals surface area contributed by atoms with Gasteiger partial charge in [0.2, 0.25) is 5.91 Å². The van der Waals surface area contributed by atoms with Gasteiger partial charge in [-0.3, -0.25) is 9.69 Å². The van der Waals surface area contributed by atoms with Gasteiger partial charge in [0.25, 0.3) is 0 Å². The molecule has 2 aliphatic heterocycles. The minimum atomic E-state index is -0.277. The molecular weight excluding hydrogens is 383 g/mol. The molecule has 0 aromatic heterocycles. The monoisotopic (exact) mass is 412 g/mol. The second-order valence-corrected chi connectivity index (χ2v) is 8.11. The topological polar surface area (TPSA) is 50.8 Å². The lowest BCUT2D eigenvalue weighted by molar-refractivity contribution is -0.126. The summed E-state index contributed by atoms with van der Waals surface area (Å²) in [6.07, 6.45) is 2.93. The second-order valence-electron chi connectivity index (χ2n) is 8.11. The van der Waals surface area contributed by atoms with Gasteiger partial charge in [-0.1, -0.05) is 18.2 Å². The molecular formula is C24H29FN2O3. The molecule has 160 valence electrons. The number of hydrogen-bond donors (Lipinski definition) is 1.